The number of nitrogens with zero attached hydrogens (tertiary/aromatic N) is 1. The molecule has 19 heavy (non-hydrogen) atoms. The maximum Gasteiger partial charge on any atom is 0.226 e. The van der Waals surface area contributed by atoms with Crippen molar-refractivity contribution in [1.82, 2.24) is 4.57 Å². The summed E-state index contributed by atoms with van der Waals surface area (Å²) >= 11 is 0. The van der Waals surface area contributed by atoms with Crippen molar-refractivity contribution in [2.24, 2.45) is 0 Å². The fourth-order valence-corrected chi connectivity index (χ4v) is 2.32. The van der Waals surface area contributed by atoms with E-state index < -0.39 is 0 Å². The van der Waals surface area contributed by atoms with E-state index in [4.69, 9.17) is 4.74 Å². The van der Waals surface area contributed by atoms with Crippen molar-refractivity contribution in [1.29, 1.82) is 0 Å². The van der Waals surface area contributed by atoms with Crippen molar-refractivity contribution >= 4 is 22.5 Å². The Bertz CT molecular complexity index is 587. The predicted octanol–water partition coefficient (Wildman–Crippen LogP) is 2.94. The molecule has 1 amide bonds. The number of amides is 1. The molecule has 0 aliphatic heterocycles. The fraction of sp³-hybridized carbons (Fsp3) is 0.400. The Morgan fingerprint density at radius 3 is 2.84 bits per heavy atom. The molecular weight excluding hydrogens is 240 g/mol. The van der Waals surface area contributed by atoms with Gasteiger partial charge in [-0.15, -0.1) is 0 Å². The van der Waals surface area contributed by atoms with Gasteiger partial charge in [0.25, 0.3) is 0 Å². The van der Waals surface area contributed by atoms with Gasteiger partial charge in [-0.3, -0.25) is 4.79 Å². The van der Waals surface area contributed by atoms with Gasteiger partial charge in [-0.05, 0) is 38.1 Å². The molecule has 4 nitrogen and oxygen atoms in total. The lowest BCUT2D eigenvalue weighted by atomic mass is 10.2. The summed E-state index contributed by atoms with van der Waals surface area (Å²) in [6, 6.07) is 8.15. The molecule has 1 heterocycles. The highest BCUT2D eigenvalue weighted by Crippen LogP contribution is 2.23. The lowest BCUT2D eigenvalue weighted by molar-refractivity contribution is -0.117. The van der Waals surface area contributed by atoms with Crippen LogP contribution in [0, 0.1) is 6.92 Å². The molecule has 0 saturated carbocycles. The Morgan fingerprint density at radius 2 is 2.16 bits per heavy atom. The van der Waals surface area contributed by atoms with Crippen molar-refractivity contribution < 1.29 is 9.53 Å². The standard InChI is InChI=1S/C15H20N2O2/c1-4-17-11(2)9-12-10-13(5-6-14(12)17)16-15(18)7-8-19-3/h5-6,9-10H,4,7-8H2,1-3H3,(H,16,18). The minimum absolute atomic E-state index is 0.0205. The van der Waals surface area contributed by atoms with Gasteiger partial charge in [-0.1, -0.05) is 0 Å². The number of benzene rings is 1. The monoisotopic (exact) mass is 260 g/mol. The Balaban J connectivity index is 2.20. The van der Waals surface area contributed by atoms with Crippen LogP contribution >= 0.6 is 0 Å². The number of aromatic nitrogens is 1. The van der Waals surface area contributed by atoms with Gasteiger partial charge < -0.3 is 14.6 Å². The first-order valence-corrected chi connectivity index (χ1v) is 6.54. The second-order valence-corrected chi connectivity index (χ2v) is 4.59. The molecular formula is C15H20N2O2. The summed E-state index contributed by atoms with van der Waals surface area (Å²) in [5.74, 6) is -0.0205. The summed E-state index contributed by atoms with van der Waals surface area (Å²) in [5, 5.41) is 4.04. The van der Waals surface area contributed by atoms with Gasteiger partial charge in [0.2, 0.25) is 5.91 Å². The zero-order valence-electron chi connectivity index (χ0n) is 11.7. The number of fused-ring (bicyclic) bond motifs is 1. The maximum absolute atomic E-state index is 11.6. The third-order valence-corrected chi connectivity index (χ3v) is 3.24. The second-order valence-electron chi connectivity index (χ2n) is 4.59. The molecule has 0 aliphatic carbocycles. The van der Waals surface area contributed by atoms with Crippen LogP contribution in [-0.4, -0.2) is 24.2 Å². The topological polar surface area (TPSA) is 43.3 Å². The molecule has 2 rings (SSSR count). The van der Waals surface area contributed by atoms with Crippen LogP contribution in [0.15, 0.2) is 24.3 Å². The zero-order valence-corrected chi connectivity index (χ0v) is 11.7. The normalized spacial score (nSPS) is 10.9. The number of ether oxygens (including phenoxy) is 1. The molecule has 0 radical (unpaired) electrons. The van der Waals surface area contributed by atoms with Crippen LogP contribution in [0.1, 0.15) is 19.0 Å². The molecule has 1 aromatic carbocycles. The number of rotatable bonds is 5. The summed E-state index contributed by atoms with van der Waals surface area (Å²) in [4.78, 5) is 11.6. The Labute approximate surface area is 113 Å². The molecule has 0 saturated heterocycles. The third-order valence-electron chi connectivity index (χ3n) is 3.24. The smallest absolute Gasteiger partial charge is 0.226 e. The van der Waals surface area contributed by atoms with Crippen LogP contribution in [0.3, 0.4) is 0 Å². The molecule has 0 atom stereocenters. The van der Waals surface area contributed by atoms with Gasteiger partial charge in [-0.2, -0.15) is 0 Å². The van der Waals surface area contributed by atoms with E-state index >= 15 is 0 Å². The highest BCUT2D eigenvalue weighted by molar-refractivity contribution is 5.94. The van der Waals surface area contributed by atoms with E-state index in [1.807, 2.05) is 12.1 Å². The van der Waals surface area contributed by atoms with Crippen molar-refractivity contribution in [3.63, 3.8) is 0 Å². The number of anilines is 1. The van der Waals surface area contributed by atoms with Crippen LogP contribution in [0.2, 0.25) is 0 Å². The van der Waals surface area contributed by atoms with E-state index in [-0.39, 0.29) is 5.91 Å². The number of methoxy groups -OCH3 is 1. The number of aryl methyl sites for hydroxylation is 2. The molecule has 2 aromatic rings. The minimum Gasteiger partial charge on any atom is -0.384 e. The van der Waals surface area contributed by atoms with E-state index in [0.717, 1.165) is 17.6 Å². The van der Waals surface area contributed by atoms with Crippen LogP contribution < -0.4 is 5.32 Å². The molecule has 1 aromatic heterocycles. The van der Waals surface area contributed by atoms with Crippen molar-refractivity contribution in [2.75, 3.05) is 19.0 Å². The van der Waals surface area contributed by atoms with Gasteiger partial charge in [0, 0.05) is 35.9 Å². The second kappa shape index (κ2) is 5.89. The number of carbonyl (C=O) groups excluding carboxylic acids is 1. The average molecular weight is 260 g/mol. The Kier molecular flexibility index (Phi) is 4.22. The molecule has 0 spiro atoms. The van der Waals surface area contributed by atoms with Gasteiger partial charge in [-0.25, -0.2) is 0 Å². The number of hydrogen-bond donors (Lipinski definition) is 1. The molecule has 0 bridgehead atoms. The van der Waals surface area contributed by atoms with E-state index in [9.17, 15) is 4.79 Å². The Hall–Kier alpha value is -1.81. The number of carbonyl (C=O) groups is 1. The fourth-order valence-electron chi connectivity index (χ4n) is 2.32. The number of nitrogens with one attached hydrogen (secondary N) is 1. The first-order valence-electron chi connectivity index (χ1n) is 6.54. The largest absolute Gasteiger partial charge is 0.384 e. The number of hydrogen-bond acceptors (Lipinski definition) is 2. The minimum atomic E-state index is -0.0205. The molecule has 1 N–H and O–H groups in total. The molecule has 102 valence electrons. The zero-order chi connectivity index (χ0) is 13.8. The van der Waals surface area contributed by atoms with Gasteiger partial charge in [0.1, 0.15) is 0 Å². The Morgan fingerprint density at radius 1 is 1.37 bits per heavy atom. The molecule has 4 heteroatoms. The first kappa shape index (κ1) is 13.6. The van der Waals surface area contributed by atoms with Crippen LogP contribution in [0.25, 0.3) is 10.9 Å². The predicted molar refractivity (Wildman–Crippen MR) is 77.5 cm³/mol. The van der Waals surface area contributed by atoms with Gasteiger partial charge >= 0.3 is 0 Å². The summed E-state index contributed by atoms with van der Waals surface area (Å²) < 4.78 is 7.15. The van der Waals surface area contributed by atoms with E-state index in [1.165, 1.54) is 11.2 Å². The first-order chi connectivity index (χ1) is 9.15. The molecule has 0 unspecified atom stereocenters. The van der Waals surface area contributed by atoms with E-state index in [1.54, 1.807) is 7.11 Å². The summed E-state index contributed by atoms with van der Waals surface area (Å²) in [7, 11) is 1.59. The molecule has 0 aliphatic rings. The lowest BCUT2D eigenvalue weighted by Crippen LogP contribution is -2.13. The highest BCUT2D eigenvalue weighted by atomic mass is 16.5. The lowest BCUT2D eigenvalue weighted by Gasteiger charge is -2.07. The van der Waals surface area contributed by atoms with Crippen molar-refractivity contribution in [2.45, 2.75) is 26.8 Å². The van der Waals surface area contributed by atoms with E-state index in [0.29, 0.717) is 13.0 Å². The van der Waals surface area contributed by atoms with Crippen LogP contribution in [-0.2, 0) is 16.1 Å². The van der Waals surface area contributed by atoms with Crippen molar-refractivity contribution in [3.05, 3.63) is 30.0 Å². The van der Waals surface area contributed by atoms with Gasteiger partial charge in [0.15, 0.2) is 0 Å². The van der Waals surface area contributed by atoms with Gasteiger partial charge in [0.05, 0.1) is 13.0 Å². The SMILES string of the molecule is CCn1c(C)cc2cc(NC(=O)CCOC)ccc21. The van der Waals surface area contributed by atoms with Crippen LogP contribution in [0.4, 0.5) is 5.69 Å². The summed E-state index contributed by atoms with van der Waals surface area (Å²) in [6.45, 7) is 5.63. The van der Waals surface area contributed by atoms with E-state index in [2.05, 4.69) is 35.9 Å². The molecule has 0 fully saturated rings. The average Bonchev–Trinajstić information content (AvgIpc) is 2.70. The quantitative estimate of drug-likeness (QED) is 0.898. The highest BCUT2D eigenvalue weighted by Gasteiger charge is 2.06. The van der Waals surface area contributed by atoms with Crippen LogP contribution in [0.5, 0.6) is 0 Å². The van der Waals surface area contributed by atoms with Crippen molar-refractivity contribution in [3.8, 4) is 0 Å². The summed E-state index contributed by atoms with van der Waals surface area (Å²) in [5.41, 5.74) is 3.28. The maximum atomic E-state index is 11.6. The summed E-state index contributed by atoms with van der Waals surface area (Å²) in [6.07, 6.45) is 0.379. The third kappa shape index (κ3) is 2.96.